The van der Waals surface area contributed by atoms with Crippen LogP contribution in [0.25, 0.3) is 0 Å². The molecule has 3 N–H and O–H groups in total. The third-order valence-corrected chi connectivity index (χ3v) is 4.34. The molecule has 1 aromatic carbocycles. The van der Waals surface area contributed by atoms with Crippen LogP contribution in [0.5, 0.6) is 11.5 Å². The molecule has 5 nitrogen and oxygen atoms in total. The Morgan fingerprint density at radius 3 is 2.29 bits per heavy atom. The number of benzene rings is 1. The summed E-state index contributed by atoms with van der Waals surface area (Å²) in [5.41, 5.74) is 5.66. The number of nitrogens with two attached hydrogens (primary N) is 1. The molecule has 0 saturated heterocycles. The topological polar surface area (TPSA) is 81.8 Å². The zero-order chi connectivity index (χ0) is 15.9. The number of thioether (sulfide) groups is 1. The first-order chi connectivity index (χ1) is 9.86. The molecule has 0 amide bonds. The van der Waals surface area contributed by atoms with Crippen molar-refractivity contribution in [3.63, 3.8) is 0 Å². The molecule has 0 unspecified atom stereocenters. The maximum Gasteiger partial charge on any atom is 0.321 e. The second-order valence-corrected chi connectivity index (χ2v) is 6.77. The standard InChI is InChI=1S/C15H23NO4S/c1-4-19-11-5-7-12(8-6-11)20-9-10-21-15(2,3)13(16)14(17)18/h5-8,13H,4,9-10,16H2,1-3H3,(H,17,18)/t13-/m1/s1. The van der Waals surface area contributed by atoms with Crippen LogP contribution < -0.4 is 15.2 Å². The monoisotopic (exact) mass is 313 g/mol. The van der Waals surface area contributed by atoms with E-state index in [4.69, 9.17) is 20.3 Å². The van der Waals surface area contributed by atoms with E-state index in [0.717, 1.165) is 11.5 Å². The molecule has 0 saturated carbocycles. The number of hydrogen-bond donors (Lipinski definition) is 2. The summed E-state index contributed by atoms with van der Waals surface area (Å²) in [5.74, 6) is 1.26. The molecule has 0 radical (unpaired) electrons. The lowest BCUT2D eigenvalue weighted by molar-refractivity contribution is -0.139. The first-order valence-corrected chi connectivity index (χ1v) is 7.83. The summed E-state index contributed by atoms with van der Waals surface area (Å²) in [6.45, 7) is 6.72. The largest absolute Gasteiger partial charge is 0.494 e. The summed E-state index contributed by atoms with van der Waals surface area (Å²) in [5, 5.41) is 8.94. The summed E-state index contributed by atoms with van der Waals surface area (Å²) >= 11 is 1.49. The van der Waals surface area contributed by atoms with E-state index in [-0.39, 0.29) is 0 Å². The molecule has 21 heavy (non-hydrogen) atoms. The van der Waals surface area contributed by atoms with Crippen LogP contribution in [-0.4, -0.2) is 40.8 Å². The van der Waals surface area contributed by atoms with Crippen molar-refractivity contribution in [2.24, 2.45) is 5.73 Å². The summed E-state index contributed by atoms with van der Waals surface area (Å²) in [4.78, 5) is 10.9. The quantitative estimate of drug-likeness (QED) is 0.681. The van der Waals surface area contributed by atoms with Crippen LogP contribution in [0.1, 0.15) is 20.8 Å². The molecule has 0 bridgehead atoms. The maximum absolute atomic E-state index is 10.9. The van der Waals surface area contributed by atoms with Gasteiger partial charge in [0, 0.05) is 10.5 Å². The normalized spacial score (nSPS) is 12.8. The van der Waals surface area contributed by atoms with E-state index in [2.05, 4.69) is 0 Å². The van der Waals surface area contributed by atoms with E-state index in [1.54, 1.807) is 0 Å². The molecule has 0 aromatic heterocycles. The Morgan fingerprint density at radius 2 is 1.81 bits per heavy atom. The van der Waals surface area contributed by atoms with Gasteiger partial charge in [0.15, 0.2) is 0 Å². The van der Waals surface area contributed by atoms with E-state index in [0.29, 0.717) is 19.0 Å². The predicted octanol–water partition coefficient (Wildman–Crippen LogP) is 2.39. The third-order valence-electron chi connectivity index (χ3n) is 2.98. The number of hydrogen-bond acceptors (Lipinski definition) is 5. The highest BCUT2D eigenvalue weighted by atomic mass is 32.2. The van der Waals surface area contributed by atoms with E-state index < -0.39 is 16.8 Å². The van der Waals surface area contributed by atoms with Crippen molar-refractivity contribution in [3.05, 3.63) is 24.3 Å². The summed E-state index contributed by atoms with van der Waals surface area (Å²) in [7, 11) is 0. The van der Waals surface area contributed by atoms with Gasteiger partial charge in [-0.25, -0.2) is 0 Å². The second-order valence-electron chi connectivity index (χ2n) is 5.02. The van der Waals surface area contributed by atoms with Gasteiger partial charge in [0.25, 0.3) is 0 Å². The lowest BCUT2D eigenvalue weighted by Gasteiger charge is -2.27. The molecular formula is C15H23NO4S. The van der Waals surface area contributed by atoms with Crippen LogP contribution in [-0.2, 0) is 4.79 Å². The Labute approximate surface area is 129 Å². The SMILES string of the molecule is CCOc1ccc(OCCSC(C)(C)[C@H](N)C(=O)O)cc1. The predicted molar refractivity (Wildman–Crippen MR) is 85.3 cm³/mol. The van der Waals surface area contributed by atoms with Crippen LogP contribution in [0, 0.1) is 0 Å². The number of ether oxygens (including phenoxy) is 2. The van der Waals surface area contributed by atoms with Gasteiger partial charge in [-0.2, -0.15) is 0 Å². The summed E-state index contributed by atoms with van der Waals surface area (Å²) < 4.78 is 10.4. The Kier molecular flexibility index (Phi) is 6.84. The Bertz CT molecular complexity index is 447. The van der Waals surface area contributed by atoms with Gasteiger partial charge in [0.1, 0.15) is 17.5 Å². The van der Waals surface area contributed by atoms with Gasteiger partial charge < -0.3 is 20.3 Å². The fraction of sp³-hybridized carbons (Fsp3) is 0.533. The first-order valence-electron chi connectivity index (χ1n) is 6.85. The van der Waals surface area contributed by atoms with Crippen molar-refractivity contribution >= 4 is 17.7 Å². The highest BCUT2D eigenvalue weighted by Gasteiger charge is 2.32. The number of carboxylic acid groups (broad SMARTS) is 1. The zero-order valence-corrected chi connectivity index (χ0v) is 13.5. The third kappa shape index (κ3) is 5.85. The minimum atomic E-state index is -0.986. The average Bonchev–Trinajstić information content (AvgIpc) is 2.44. The molecule has 1 aromatic rings. The van der Waals surface area contributed by atoms with Crippen molar-refractivity contribution in [2.45, 2.75) is 31.6 Å². The lowest BCUT2D eigenvalue weighted by atomic mass is 10.1. The van der Waals surface area contributed by atoms with E-state index in [1.807, 2.05) is 45.0 Å². The molecule has 0 aliphatic heterocycles. The number of carboxylic acids is 1. The fourth-order valence-corrected chi connectivity index (χ4v) is 2.62. The van der Waals surface area contributed by atoms with Crippen molar-refractivity contribution in [1.82, 2.24) is 0 Å². The van der Waals surface area contributed by atoms with Crippen molar-refractivity contribution < 1.29 is 19.4 Å². The highest BCUT2D eigenvalue weighted by Crippen LogP contribution is 2.27. The van der Waals surface area contributed by atoms with Gasteiger partial charge in [-0.15, -0.1) is 11.8 Å². The Balaban J connectivity index is 2.35. The number of rotatable bonds is 9. The van der Waals surface area contributed by atoms with Crippen molar-refractivity contribution in [3.8, 4) is 11.5 Å². The van der Waals surface area contributed by atoms with Gasteiger partial charge in [0.05, 0.1) is 13.2 Å². The van der Waals surface area contributed by atoms with Crippen LogP contribution in [0.2, 0.25) is 0 Å². The van der Waals surface area contributed by atoms with Crippen LogP contribution in [0.15, 0.2) is 24.3 Å². The minimum Gasteiger partial charge on any atom is -0.494 e. The molecule has 0 heterocycles. The highest BCUT2D eigenvalue weighted by molar-refractivity contribution is 8.00. The molecular weight excluding hydrogens is 290 g/mol. The molecule has 0 aliphatic carbocycles. The van der Waals surface area contributed by atoms with Crippen LogP contribution in [0.4, 0.5) is 0 Å². The number of aliphatic carboxylic acids is 1. The summed E-state index contributed by atoms with van der Waals surface area (Å²) in [6.07, 6.45) is 0. The fourth-order valence-electron chi connectivity index (χ4n) is 1.65. The van der Waals surface area contributed by atoms with Crippen LogP contribution in [0.3, 0.4) is 0 Å². The maximum atomic E-state index is 10.9. The second kappa shape index (κ2) is 8.14. The van der Waals surface area contributed by atoms with E-state index >= 15 is 0 Å². The molecule has 0 spiro atoms. The first kappa shape index (κ1) is 17.7. The van der Waals surface area contributed by atoms with Gasteiger partial charge in [0.2, 0.25) is 0 Å². The molecule has 0 fully saturated rings. The van der Waals surface area contributed by atoms with Gasteiger partial charge in [-0.05, 0) is 45.0 Å². The molecule has 118 valence electrons. The molecule has 0 aliphatic rings. The van der Waals surface area contributed by atoms with Crippen LogP contribution >= 0.6 is 11.8 Å². The average molecular weight is 313 g/mol. The molecule has 6 heteroatoms. The molecule has 1 rings (SSSR count). The van der Waals surface area contributed by atoms with Crippen molar-refractivity contribution in [2.75, 3.05) is 19.0 Å². The van der Waals surface area contributed by atoms with Gasteiger partial charge in [-0.3, -0.25) is 4.79 Å². The van der Waals surface area contributed by atoms with E-state index in [9.17, 15) is 4.79 Å². The summed E-state index contributed by atoms with van der Waals surface area (Å²) in [6, 6.07) is 6.52. The lowest BCUT2D eigenvalue weighted by Crippen LogP contribution is -2.47. The number of carbonyl (C=O) groups is 1. The molecule has 1 atom stereocenters. The minimum absolute atomic E-state index is 0.494. The van der Waals surface area contributed by atoms with Gasteiger partial charge in [-0.1, -0.05) is 0 Å². The smallest absolute Gasteiger partial charge is 0.321 e. The van der Waals surface area contributed by atoms with Crippen molar-refractivity contribution in [1.29, 1.82) is 0 Å². The Morgan fingerprint density at radius 1 is 1.29 bits per heavy atom. The zero-order valence-electron chi connectivity index (χ0n) is 12.7. The van der Waals surface area contributed by atoms with Gasteiger partial charge >= 0.3 is 5.97 Å². The van der Waals surface area contributed by atoms with E-state index in [1.165, 1.54) is 11.8 Å². The Hall–Kier alpha value is -1.40.